The Balaban J connectivity index is 1.27. The van der Waals surface area contributed by atoms with Crippen LogP contribution in [-0.2, 0) is 0 Å². The Morgan fingerprint density at radius 3 is 1.71 bits per heavy atom. The fourth-order valence-electron chi connectivity index (χ4n) is 4.90. The van der Waals surface area contributed by atoms with Gasteiger partial charge in [0.2, 0.25) is 0 Å². The molecular weight excluding hydrogens is 478 g/mol. The van der Waals surface area contributed by atoms with Crippen LogP contribution >= 0.6 is 11.3 Å². The summed E-state index contributed by atoms with van der Waals surface area (Å²) in [5, 5.41) is 2.55. The first kappa shape index (κ1) is 17.7. The van der Waals surface area contributed by atoms with Crippen LogP contribution in [0.15, 0.2) is 152 Å². The summed E-state index contributed by atoms with van der Waals surface area (Å²) in [6, 6.07) is 39.8. The Labute approximate surface area is 233 Å². The van der Waals surface area contributed by atoms with Gasteiger partial charge in [0.15, 0.2) is 0 Å². The molecule has 0 amide bonds. The van der Waals surface area contributed by atoms with Crippen molar-refractivity contribution in [1.29, 1.82) is 0 Å². The van der Waals surface area contributed by atoms with Crippen molar-refractivity contribution in [2.45, 2.75) is 0 Å². The Morgan fingerprint density at radius 1 is 0.447 bits per heavy atom. The lowest BCUT2D eigenvalue weighted by Crippen LogP contribution is -2.09. The van der Waals surface area contributed by atoms with E-state index >= 15 is 0 Å². The van der Waals surface area contributed by atoms with E-state index in [-0.39, 0.29) is 29.7 Å². The maximum atomic E-state index is 8.36. The molecule has 0 fully saturated rings. The van der Waals surface area contributed by atoms with Gasteiger partial charge >= 0.3 is 0 Å². The highest BCUT2D eigenvalue weighted by Gasteiger charge is 2.13. The lowest BCUT2D eigenvalue weighted by atomic mass is 10.0. The van der Waals surface area contributed by atoms with Crippen LogP contribution in [0.2, 0.25) is 0 Å². The van der Waals surface area contributed by atoms with Crippen molar-refractivity contribution < 1.29 is 6.85 Å². The number of nitrogens with zero attached hydrogens (tertiary/aromatic N) is 1. The van der Waals surface area contributed by atoms with E-state index in [9.17, 15) is 0 Å². The molecule has 0 unspecified atom stereocenters. The second-order valence-electron chi connectivity index (χ2n) is 9.07. The Hall–Kier alpha value is -4.66. The number of fused-ring (bicyclic) bond motifs is 3. The van der Waals surface area contributed by atoms with Gasteiger partial charge in [0.05, 0.1) is 6.85 Å². The van der Waals surface area contributed by atoms with Crippen molar-refractivity contribution >= 4 is 48.6 Å². The van der Waals surface area contributed by atoms with E-state index in [1.165, 1.54) is 20.2 Å². The van der Waals surface area contributed by atoms with Gasteiger partial charge in [0, 0.05) is 37.2 Å². The monoisotopic (exact) mass is 508 g/mol. The molecule has 2 heteroatoms. The summed E-state index contributed by atoms with van der Waals surface area (Å²) in [6.45, 7) is 0. The summed E-state index contributed by atoms with van der Waals surface area (Å²) in [5.74, 6) is 0. The minimum Gasteiger partial charge on any atom is -0.311 e. The molecule has 0 saturated carbocycles. The minimum absolute atomic E-state index is 0.198. The molecule has 0 N–H and O–H groups in total. The van der Waals surface area contributed by atoms with Crippen molar-refractivity contribution in [2.24, 2.45) is 0 Å². The first-order chi connectivity index (χ1) is 20.9. The highest BCUT2D eigenvalue weighted by Crippen LogP contribution is 2.39. The molecule has 0 radical (unpaired) electrons. The van der Waals surface area contributed by atoms with E-state index in [0.717, 1.165) is 28.2 Å². The zero-order valence-corrected chi connectivity index (χ0v) is 21.2. The van der Waals surface area contributed by atoms with Gasteiger partial charge in [-0.3, -0.25) is 0 Å². The average molecular weight is 509 g/mol. The van der Waals surface area contributed by atoms with Gasteiger partial charge in [-0.15, -0.1) is 11.3 Å². The summed E-state index contributed by atoms with van der Waals surface area (Å²) < 4.78 is 43.3. The molecular formula is C36H25NS. The number of hydrogen-bond acceptors (Lipinski definition) is 2. The van der Waals surface area contributed by atoms with E-state index in [0.29, 0.717) is 5.56 Å². The van der Waals surface area contributed by atoms with Crippen LogP contribution in [0.25, 0.3) is 42.4 Å². The smallest absolute Gasteiger partial charge is 0.0629 e. The highest BCUT2D eigenvalue weighted by molar-refractivity contribution is 7.25. The Morgan fingerprint density at radius 2 is 1.00 bits per heavy atom. The maximum absolute atomic E-state index is 8.36. The summed E-state index contributed by atoms with van der Waals surface area (Å²) in [7, 11) is 0. The zero-order valence-electron chi connectivity index (χ0n) is 25.4. The minimum atomic E-state index is -0.391. The van der Waals surface area contributed by atoms with Crippen LogP contribution in [-0.4, -0.2) is 0 Å². The summed E-state index contributed by atoms with van der Waals surface area (Å²) in [4.78, 5) is 2.14. The molecule has 1 heterocycles. The SMILES string of the molecule is [2H]c1c([2H])c([2H])c(-c2ccc(N(c3ccccc3)c3ccc(-c4ccc5sc6ccccc6c5c4)cc3)cc2)c([2H])c1[2H]. The third-order valence-corrected chi connectivity index (χ3v) is 7.92. The lowest BCUT2D eigenvalue weighted by Gasteiger charge is -2.26. The molecule has 6 aromatic carbocycles. The van der Waals surface area contributed by atoms with Crippen molar-refractivity contribution in [3.63, 3.8) is 0 Å². The molecule has 0 aliphatic rings. The van der Waals surface area contributed by atoms with E-state index in [4.69, 9.17) is 6.85 Å². The first-order valence-electron chi connectivity index (χ1n) is 14.9. The van der Waals surface area contributed by atoms with Crippen LogP contribution in [0.3, 0.4) is 0 Å². The van der Waals surface area contributed by atoms with Gasteiger partial charge < -0.3 is 4.90 Å². The van der Waals surface area contributed by atoms with E-state index in [1.807, 2.05) is 65.9 Å². The lowest BCUT2D eigenvalue weighted by molar-refractivity contribution is 1.28. The fraction of sp³-hybridized carbons (Fsp3) is 0. The highest BCUT2D eigenvalue weighted by atomic mass is 32.1. The number of hydrogen-bond donors (Lipinski definition) is 0. The van der Waals surface area contributed by atoms with Crippen LogP contribution in [0.5, 0.6) is 0 Å². The summed E-state index contributed by atoms with van der Waals surface area (Å²) in [6.07, 6.45) is 0. The molecule has 7 rings (SSSR count). The van der Waals surface area contributed by atoms with Gasteiger partial charge in [-0.05, 0) is 76.9 Å². The van der Waals surface area contributed by atoms with Crippen molar-refractivity contribution in [3.05, 3.63) is 152 Å². The van der Waals surface area contributed by atoms with E-state index < -0.39 is 6.04 Å². The normalized spacial score (nSPS) is 13.0. The van der Waals surface area contributed by atoms with Gasteiger partial charge in [0.25, 0.3) is 0 Å². The van der Waals surface area contributed by atoms with Crippen LogP contribution in [0, 0.1) is 0 Å². The van der Waals surface area contributed by atoms with Crippen molar-refractivity contribution in [2.75, 3.05) is 4.90 Å². The molecule has 7 aromatic rings. The van der Waals surface area contributed by atoms with Crippen LogP contribution in [0.1, 0.15) is 6.85 Å². The topological polar surface area (TPSA) is 3.24 Å². The van der Waals surface area contributed by atoms with Crippen LogP contribution < -0.4 is 4.90 Å². The van der Waals surface area contributed by atoms with Gasteiger partial charge in [0.1, 0.15) is 0 Å². The van der Waals surface area contributed by atoms with E-state index in [1.54, 1.807) is 0 Å². The maximum Gasteiger partial charge on any atom is 0.0629 e. The van der Waals surface area contributed by atoms with Crippen molar-refractivity contribution in [3.8, 4) is 22.3 Å². The molecule has 0 spiro atoms. The molecule has 0 atom stereocenters. The van der Waals surface area contributed by atoms with Crippen LogP contribution in [0.4, 0.5) is 17.1 Å². The molecule has 1 aromatic heterocycles. The third kappa shape index (κ3) is 4.15. The molecule has 38 heavy (non-hydrogen) atoms. The molecule has 0 bridgehead atoms. The Bertz CT molecular complexity index is 2090. The standard InChI is InChI=1S/C36H25NS/c1-3-9-26(10-4-1)27-15-20-31(21-16-27)37(30-11-5-2-6-12-30)32-22-17-28(18-23-32)29-19-24-36-34(25-29)33-13-7-8-14-35(33)38-36/h1-25H/i1D,3D,4D,9D,10D. The third-order valence-electron chi connectivity index (χ3n) is 6.76. The number of para-hydroxylation sites is 1. The summed E-state index contributed by atoms with van der Waals surface area (Å²) >= 11 is 1.82. The number of rotatable bonds is 5. The average Bonchev–Trinajstić information content (AvgIpc) is 3.43. The fourth-order valence-corrected chi connectivity index (χ4v) is 5.99. The molecule has 0 aliphatic carbocycles. The summed E-state index contributed by atoms with van der Waals surface area (Å²) in [5.41, 5.74) is 5.91. The van der Waals surface area contributed by atoms with E-state index in [2.05, 4.69) is 71.6 Å². The second kappa shape index (κ2) is 9.66. The molecule has 180 valence electrons. The quantitative estimate of drug-likeness (QED) is 0.223. The predicted molar refractivity (Wildman–Crippen MR) is 165 cm³/mol. The second-order valence-corrected chi connectivity index (χ2v) is 10.2. The number of anilines is 3. The largest absolute Gasteiger partial charge is 0.311 e. The van der Waals surface area contributed by atoms with Crippen molar-refractivity contribution in [1.82, 2.24) is 0 Å². The molecule has 1 nitrogen and oxygen atoms in total. The first-order valence-corrected chi connectivity index (χ1v) is 13.3. The van der Waals surface area contributed by atoms with Gasteiger partial charge in [-0.1, -0.05) is 96.9 Å². The zero-order chi connectivity index (χ0) is 29.7. The predicted octanol–water partition coefficient (Wildman–Crippen LogP) is 10.9. The Kier molecular flexibility index (Phi) is 4.51. The van der Waals surface area contributed by atoms with Gasteiger partial charge in [-0.25, -0.2) is 0 Å². The number of thiophene rings is 1. The molecule has 0 saturated heterocycles. The van der Waals surface area contributed by atoms with Gasteiger partial charge in [-0.2, -0.15) is 0 Å². The number of benzene rings is 6. The molecule has 0 aliphatic heterocycles.